The van der Waals surface area contributed by atoms with Gasteiger partial charge >= 0.3 is 0 Å². The Bertz CT molecular complexity index is 396. The zero-order valence-electron chi connectivity index (χ0n) is 12.4. The Hall–Kier alpha value is -0.820. The number of unbranched alkanes of at least 4 members (excludes halogenated alkanes) is 1. The highest BCUT2D eigenvalue weighted by molar-refractivity contribution is 14.0. The fraction of sp³-hybridized carbons (Fsp3) is 0.533. The van der Waals surface area contributed by atoms with E-state index in [1.165, 1.54) is 12.0 Å². The summed E-state index contributed by atoms with van der Waals surface area (Å²) in [7, 11) is 0. The topological polar surface area (TPSA) is 59.6 Å². The molecule has 0 radical (unpaired) electrons. The second kappa shape index (κ2) is 12.0. The first-order chi connectivity index (χ1) is 9.22. The second-order valence-corrected chi connectivity index (χ2v) is 4.58. The van der Waals surface area contributed by atoms with Crippen molar-refractivity contribution in [2.24, 2.45) is 10.7 Å². The summed E-state index contributed by atoms with van der Waals surface area (Å²) in [6, 6.07) is 8.05. The summed E-state index contributed by atoms with van der Waals surface area (Å²) in [6.07, 6.45) is 3.20. The van der Waals surface area contributed by atoms with E-state index >= 15 is 0 Å². The minimum absolute atomic E-state index is 0. The highest BCUT2D eigenvalue weighted by Gasteiger charge is 1.95. The number of aryl methyl sites for hydroxylation is 1. The van der Waals surface area contributed by atoms with Gasteiger partial charge in [-0.3, -0.25) is 4.99 Å². The lowest BCUT2D eigenvalue weighted by atomic mass is 10.2. The quantitative estimate of drug-likeness (QED) is 0.308. The maximum Gasteiger partial charge on any atom is 0.193 e. The Morgan fingerprint density at radius 2 is 2.05 bits per heavy atom. The van der Waals surface area contributed by atoms with Gasteiger partial charge in [0.1, 0.15) is 0 Å². The van der Waals surface area contributed by atoms with Gasteiger partial charge in [0.25, 0.3) is 0 Å². The van der Waals surface area contributed by atoms with Crippen molar-refractivity contribution in [1.29, 1.82) is 0 Å². The van der Waals surface area contributed by atoms with Crippen LogP contribution in [0.25, 0.3) is 0 Å². The maximum absolute atomic E-state index is 5.82. The third-order valence-electron chi connectivity index (χ3n) is 2.66. The third kappa shape index (κ3) is 9.14. The Kier molecular flexibility index (Phi) is 11.5. The Morgan fingerprint density at radius 1 is 1.30 bits per heavy atom. The van der Waals surface area contributed by atoms with Crippen molar-refractivity contribution in [1.82, 2.24) is 0 Å². The molecular formula is C15H26IN3O. The molecule has 4 nitrogen and oxygen atoms in total. The van der Waals surface area contributed by atoms with E-state index in [1.807, 2.05) is 31.2 Å². The van der Waals surface area contributed by atoms with Crippen molar-refractivity contribution < 1.29 is 4.74 Å². The molecule has 0 unspecified atom stereocenters. The standard InChI is InChI=1S/C15H25N3O.HI/c1-3-4-10-19-11-6-9-17-15(16)18-14-8-5-7-13(2)12-14;/h5,7-8,12H,3-4,6,9-11H2,1-2H3,(H3,16,17,18);1H. The number of rotatable bonds is 8. The van der Waals surface area contributed by atoms with Crippen LogP contribution in [0, 0.1) is 6.92 Å². The van der Waals surface area contributed by atoms with Crippen LogP contribution in [0.1, 0.15) is 31.7 Å². The Morgan fingerprint density at radius 3 is 2.75 bits per heavy atom. The van der Waals surface area contributed by atoms with E-state index in [-0.39, 0.29) is 24.0 Å². The van der Waals surface area contributed by atoms with Gasteiger partial charge in [-0.05, 0) is 37.5 Å². The second-order valence-electron chi connectivity index (χ2n) is 4.58. The molecule has 0 heterocycles. The largest absolute Gasteiger partial charge is 0.381 e. The Balaban J connectivity index is 0.00000361. The van der Waals surface area contributed by atoms with Crippen LogP contribution in [0.4, 0.5) is 5.69 Å². The molecule has 5 heteroatoms. The number of aliphatic imine (C=N–C) groups is 1. The lowest BCUT2D eigenvalue weighted by Gasteiger charge is -2.06. The number of nitrogens with one attached hydrogen (secondary N) is 1. The number of nitrogens with two attached hydrogens (primary N) is 1. The molecule has 0 saturated heterocycles. The zero-order chi connectivity index (χ0) is 13.9. The zero-order valence-corrected chi connectivity index (χ0v) is 14.7. The minimum Gasteiger partial charge on any atom is -0.381 e. The lowest BCUT2D eigenvalue weighted by Crippen LogP contribution is -2.23. The maximum atomic E-state index is 5.82. The molecule has 114 valence electrons. The van der Waals surface area contributed by atoms with Crippen LogP contribution in [0.3, 0.4) is 0 Å². The van der Waals surface area contributed by atoms with Crippen LogP contribution in [-0.2, 0) is 4.74 Å². The number of nitrogens with zero attached hydrogens (tertiary/aromatic N) is 1. The van der Waals surface area contributed by atoms with E-state index in [1.54, 1.807) is 0 Å². The van der Waals surface area contributed by atoms with E-state index in [9.17, 15) is 0 Å². The smallest absolute Gasteiger partial charge is 0.193 e. The number of anilines is 1. The number of hydrogen-bond acceptors (Lipinski definition) is 2. The van der Waals surface area contributed by atoms with Gasteiger partial charge in [-0.15, -0.1) is 24.0 Å². The summed E-state index contributed by atoms with van der Waals surface area (Å²) in [5.41, 5.74) is 7.99. The molecule has 3 N–H and O–H groups in total. The summed E-state index contributed by atoms with van der Waals surface area (Å²) >= 11 is 0. The summed E-state index contributed by atoms with van der Waals surface area (Å²) in [6.45, 7) is 6.49. The van der Waals surface area contributed by atoms with Crippen molar-refractivity contribution in [3.05, 3.63) is 29.8 Å². The van der Waals surface area contributed by atoms with Gasteiger partial charge in [0.2, 0.25) is 0 Å². The van der Waals surface area contributed by atoms with E-state index in [2.05, 4.69) is 17.2 Å². The van der Waals surface area contributed by atoms with E-state index in [4.69, 9.17) is 10.5 Å². The fourth-order valence-electron chi connectivity index (χ4n) is 1.62. The number of halogens is 1. The molecule has 0 amide bonds. The van der Waals surface area contributed by atoms with E-state index in [0.29, 0.717) is 12.5 Å². The molecule has 0 fully saturated rings. The number of guanidine groups is 1. The summed E-state index contributed by atoms with van der Waals surface area (Å²) in [4.78, 5) is 4.27. The summed E-state index contributed by atoms with van der Waals surface area (Å²) in [5.74, 6) is 0.458. The highest BCUT2D eigenvalue weighted by atomic mass is 127. The first-order valence-corrected chi connectivity index (χ1v) is 6.93. The molecule has 0 atom stereocenters. The van der Waals surface area contributed by atoms with Crippen molar-refractivity contribution in [3.63, 3.8) is 0 Å². The first kappa shape index (κ1) is 19.2. The van der Waals surface area contributed by atoms with Crippen molar-refractivity contribution >= 4 is 35.6 Å². The van der Waals surface area contributed by atoms with E-state index in [0.717, 1.165) is 31.7 Å². The average molecular weight is 391 g/mol. The molecule has 0 bridgehead atoms. The molecule has 0 saturated carbocycles. The molecule has 0 aromatic heterocycles. The van der Waals surface area contributed by atoms with Gasteiger partial charge in [0, 0.05) is 25.4 Å². The van der Waals surface area contributed by atoms with Crippen molar-refractivity contribution in [2.45, 2.75) is 33.1 Å². The van der Waals surface area contributed by atoms with E-state index < -0.39 is 0 Å². The van der Waals surface area contributed by atoms with Gasteiger partial charge in [-0.1, -0.05) is 25.5 Å². The molecule has 0 aliphatic carbocycles. The molecule has 20 heavy (non-hydrogen) atoms. The van der Waals surface area contributed by atoms with Gasteiger partial charge < -0.3 is 15.8 Å². The molecule has 1 aromatic rings. The minimum atomic E-state index is 0. The van der Waals surface area contributed by atoms with Gasteiger partial charge in [0.05, 0.1) is 0 Å². The molecular weight excluding hydrogens is 365 g/mol. The summed E-state index contributed by atoms with van der Waals surface area (Å²) < 4.78 is 5.46. The molecule has 0 spiro atoms. The number of benzene rings is 1. The van der Waals surface area contributed by atoms with Gasteiger partial charge in [-0.2, -0.15) is 0 Å². The number of ether oxygens (including phenoxy) is 1. The normalized spacial score (nSPS) is 11.0. The van der Waals surface area contributed by atoms with Gasteiger partial charge in [-0.25, -0.2) is 0 Å². The molecule has 0 aliphatic heterocycles. The Labute approximate surface area is 139 Å². The van der Waals surface area contributed by atoms with Crippen LogP contribution in [0.2, 0.25) is 0 Å². The van der Waals surface area contributed by atoms with Crippen LogP contribution in [0.5, 0.6) is 0 Å². The van der Waals surface area contributed by atoms with Gasteiger partial charge in [0.15, 0.2) is 5.96 Å². The van der Waals surface area contributed by atoms with Crippen molar-refractivity contribution in [2.75, 3.05) is 25.1 Å². The predicted molar refractivity (Wildman–Crippen MR) is 97.1 cm³/mol. The summed E-state index contributed by atoms with van der Waals surface area (Å²) in [5, 5.41) is 3.08. The van der Waals surface area contributed by atoms with Crippen LogP contribution in [-0.4, -0.2) is 25.7 Å². The molecule has 0 aliphatic rings. The van der Waals surface area contributed by atoms with Crippen molar-refractivity contribution in [3.8, 4) is 0 Å². The SMILES string of the molecule is CCCCOCCCN=C(N)Nc1cccc(C)c1.I. The fourth-order valence-corrected chi connectivity index (χ4v) is 1.62. The van der Waals surface area contributed by atoms with Crippen LogP contribution in [0.15, 0.2) is 29.3 Å². The third-order valence-corrected chi connectivity index (χ3v) is 2.66. The van der Waals surface area contributed by atoms with Crippen LogP contribution < -0.4 is 11.1 Å². The average Bonchev–Trinajstić information content (AvgIpc) is 2.37. The predicted octanol–water partition coefficient (Wildman–Crippen LogP) is 3.55. The first-order valence-electron chi connectivity index (χ1n) is 6.93. The molecule has 1 rings (SSSR count). The lowest BCUT2D eigenvalue weighted by molar-refractivity contribution is 0.130. The monoisotopic (exact) mass is 391 g/mol. The molecule has 1 aromatic carbocycles. The van der Waals surface area contributed by atoms with Crippen LogP contribution >= 0.6 is 24.0 Å². The number of hydrogen-bond donors (Lipinski definition) is 2. The highest BCUT2D eigenvalue weighted by Crippen LogP contribution is 2.08.